The molecule has 0 aromatic carbocycles. The highest BCUT2D eigenvalue weighted by Crippen LogP contribution is 2.49. The van der Waals surface area contributed by atoms with Crippen LogP contribution in [-0.4, -0.2) is 43.7 Å². The van der Waals surface area contributed by atoms with E-state index in [9.17, 15) is 0 Å². The van der Waals surface area contributed by atoms with Crippen molar-refractivity contribution >= 4 is 0 Å². The standard InChI is InChI=1S/C17H26N6O/c1-22-11-16(19-20-22)17(12-24-2)8-7-14(17)9-23-10-15(18-21-23)13-5-3-4-6-13/h10-11,13-14H,3-9,12H2,1-2H3. The minimum atomic E-state index is -0.0392. The van der Waals surface area contributed by atoms with Gasteiger partial charge in [-0.25, -0.2) is 0 Å². The van der Waals surface area contributed by atoms with Crippen LogP contribution in [0.5, 0.6) is 0 Å². The lowest BCUT2D eigenvalue weighted by Gasteiger charge is -2.47. The third kappa shape index (κ3) is 2.64. The average Bonchev–Trinajstić information content (AvgIpc) is 3.29. The molecular formula is C17H26N6O. The van der Waals surface area contributed by atoms with E-state index in [4.69, 9.17) is 4.74 Å². The summed E-state index contributed by atoms with van der Waals surface area (Å²) in [5, 5.41) is 17.3. The summed E-state index contributed by atoms with van der Waals surface area (Å²) in [5.41, 5.74) is 2.17. The highest BCUT2D eigenvalue weighted by molar-refractivity contribution is 5.20. The van der Waals surface area contributed by atoms with Crippen LogP contribution in [0.2, 0.25) is 0 Å². The normalized spacial score (nSPS) is 27.5. The Bertz CT molecular complexity index is 689. The van der Waals surface area contributed by atoms with Crippen molar-refractivity contribution in [3.63, 3.8) is 0 Å². The van der Waals surface area contributed by atoms with E-state index < -0.39 is 0 Å². The molecule has 2 aliphatic carbocycles. The van der Waals surface area contributed by atoms with E-state index in [1.54, 1.807) is 11.8 Å². The maximum Gasteiger partial charge on any atom is 0.0915 e. The minimum Gasteiger partial charge on any atom is -0.384 e. The topological polar surface area (TPSA) is 70.7 Å². The molecule has 7 heteroatoms. The van der Waals surface area contributed by atoms with E-state index in [1.807, 2.05) is 17.9 Å². The smallest absolute Gasteiger partial charge is 0.0915 e. The highest BCUT2D eigenvalue weighted by atomic mass is 16.5. The molecule has 0 spiro atoms. The first-order valence-electron chi connectivity index (χ1n) is 8.97. The molecular weight excluding hydrogens is 304 g/mol. The van der Waals surface area contributed by atoms with Gasteiger partial charge < -0.3 is 4.74 Å². The second-order valence-electron chi connectivity index (χ2n) is 7.45. The van der Waals surface area contributed by atoms with E-state index in [1.165, 1.54) is 37.8 Å². The molecule has 2 heterocycles. The van der Waals surface area contributed by atoms with Gasteiger partial charge in [-0.1, -0.05) is 23.3 Å². The molecule has 0 bridgehead atoms. The van der Waals surface area contributed by atoms with Crippen LogP contribution in [0, 0.1) is 5.92 Å². The third-order valence-electron chi connectivity index (χ3n) is 5.97. The summed E-state index contributed by atoms with van der Waals surface area (Å²) in [6.07, 6.45) is 11.6. The van der Waals surface area contributed by atoms with Crippen molar-refractivity contribution in [2.24, 2.45) is 13.0 Å². The fraction of sp³-hybridized carbons (Fsp3) is 0.765. The fourth-order valence-corrected chi connectivity index (χ4v) is 4.43. The molecule has 2 aromatic rings. The van der Waals surface area contributed by atoms with E-state index >= 15 is 0 Å². The van der Waals surface area contributed by atoms with E-state index in [-0.39, 0.29) is 5.41 Å². The van der Waals surface area contributed by atoms with Gasteiger partial charge in [-0.3, -0.25) is 9.36 Å². The number of nitrogens with zero attached hydrogens (tertiary/aromatic N) is 6. The maximum absolute atomic E-state index is 5.54. The van der Waals surface area contributed by atoms with Gasteiger partial charge in [0, 0.05) is 44.4 Å². The Morgan fingerprint density at radius 3 is 2.62 bits per heavy atom. The van der Waals surface area contributed by atoms with Gasteiger partial charge in [0.05, 0.1) is 18.0 Å². The molecule has 2 aliphatic rings. The van der Waals surface area contributed by atoms with Gasteiger partial charge in [0.25, 0.3) is 0 Å². The zero-order valence-electron chi connectivity index (χ0n) is 14.6. The molecule has 0 amide bonds. The SMILES string of the molecule is COCC1(c2cn(C)nn2)CCC1Cn1cc(C2CCCC2)nn1. The molecule has 0 saturated heterocycles. The number of aromatic nitrogens is 6. The van der Waals surface area contributed by atoms with Gasteiger partial charge in [-0.15, -0.1) is 10.2 Å². The van der Waals surface area contributed by atoms with Crippen molar-refractivity contribution in [1.82, 2.24) is 30.0 Å². The van der Waals surface area contributed by atoms with Gasteiger partial charge in [0.2, 0.25) is 0 Å². The van der Waals surface area contributed by atoms with Crippen LogP contribution in [0.1, 0.15) is 55.8 Å². The maximum atomic E-state index is 5.54. The summed E-state index contributed by atoms with van der Waals surface area (Å²) in [4.78, 5) is 0. The zero-order valence-corrected chi connectivity index (χ0v) is 14.6. The van der Waals surface area contributed by atoms with E-state index in [0.717, 1.165) is 18.7 Å². The number of ether oxygens (including phenoxy) is 1. The number of aryl methyl sites for hydroxylation is 1. The quantitative estimate of drug-likeness (QED) is 0.811. The molecule has 0 N–H and O–H groups in total. The number of methoxy groups -OCH3 is 1. The molecule has 24 heavy (non-hydrogen) atoms. The van der Waals surface area contributed by atoms with Gasteiger partial charge in [-0.05, 0) is 31.6 Å². The zero-order chi connectivity index (χ0) is 16.6. The van der Waals surface area contributed by atoms with Gasteiger partial charge >= 0.3 is 0 Å². The van der Waals surface area contributed by atoms with Crippen LogP contribution >= 0.6 is 0 Å². The Balaban J connectivity index is 1.51. The Morgan fingerprint density at radius 1 is 1.17 bits per heavy atom. The molecule has 130 valence electrons. The molecule has 7 nitrogen and oxygen atoms in total. The van der Waals surface area contributed by atoms with Gasteiger partial charge in [0.15, 0.2) is 0 Å². The lowest BCUT2D eigenvalue weighted by atomic mass is 9.58. The first kappa shape index (κ1) is 15.7. The Labute approximate surface area is 142 Å². The van der Waals surface area contributed by atoms with Gasteiger partial charge in [0.1, 0.15) is 0 Å². The van der Waals surface area contributed by atoms with Crippen molar-refractivity contribution in [2.45, 2.75) is 56.4 Å². The van der Waals surface area contributed by atoms with Crippen LogP contribution in [-0.2, 0) is 23.7 Å². The van der Waals surface area contributed by atoms with Crippen LogP contribution < -0.4 is 0 Å². The average molecular weight is 330 g/mol. The summed E-state index contributed by atoms with van der Waals surface area (Å²) < 4.78 is 9.34. The van der Waals surface area contributed by atoms with Crippen molar-refractivity contribution in [2.75, 3.05) is 13.7 Å². The minimum absolute atomic E-state index is 0.0392. The van der Waals surface area contributed by atoms with Crippen LogP contribution in [0.3, 0.4) is 0 Å². The molecule has 2 unspecified atom stereocenters. The molecule has 4 rings (SSSR count). The Morgan fingerprint density at radius 2 is 2.00 bits per heavy atom. The van der Waals surface area contributed by atoms with Crippen LogP contribution in [0.25, 0.3) is 0 Å². The second kappa shape index (κ2) is 6.27. The second-order valence-corrected chi connectivity index (χ2v) is 7.45. The Hall–Kier alpha value is -1.76. The third-order valence-corrected chi connectivity index (χ3v) is 5.97. The summed E-state index contributed by atoms with van der Waals surface area (Å²) in [6.45, 7) is 1.56. The monoisotopic (exact) mass is 330 g/mol. The molecule has 2 saturated carbocycles. The van der Waals surface area contributed by atoms with Gasteiger partial charge in [-0.2, -0.15) is 0 Å². The van der Waals surface area contributed by atoms with Crippen LogP contribution in [0.15, 0.2) is 12.4 Å². The molecule has 2 fully saturated rings. The van der Waals surface area contributed by atoms with Crippen LogP contribution in [0.4, 0.5) is 0 Å². The molecule has 0 aliphatic heterocycles. The first-order chi connectivity index (χ1) is 11.7. The predicted octanol–water partition coefficient (Wildman–Crippen LogP) is 2.06. The lowest BCUT2D eigenvalue weighted by molar-refractivity contribution is 0.00946. The van der Waals surface area contributed by atoms with Crippen molar-refractivity contribution in [1.29, 1.82) is 0 Å². The van der Waals surface area contributed by atoms with Crippen molar-refractivity contribution in [3.8, 4) is 0 Å². The summed E-state index contributed by atoms with van der Waals surface area (Å²) in [5.74, 6) is 1.08. The molecule has 0 radical (unpaired) electrons. The first-order valence-corrected chi connectivity index (χ1v) is 8.97. The summed E-state index contributed by atoms with van der Waals surface area (Å²) in [7, 11) is 3.68. The van der Waals surface area contributed by atoms with E-state index in [0.29, 0.717) is 18.4 Å². The fourth-order valence-electron chi connectivity index (χ4n) is 4.43. The van der Waals surface area contributed by atoms with Crippen molar-refractivity contribution < 1.29 is 4.74 Å². The number of rotatable bonds is 6. The Kier molecular flexibility index (Phi) is 4.12. The molecule has 2 atom stereocenters. The van der Waals surface area contributed by atoms with E-state index in [2.05, 4.69) is 26.8 Å². The summed E-state index contributed by atoms with van der Waals surface area (Å²) >= 11 is 0. The predicted molar refractivity (Wildman–Crippen MR) is 88.5 cm³/mol. The largest absolute Gasteiger partial charge is 0.384 e. The number of hydrogen-bond acceptors (Lipinski definition) is 5. The number of hydrogen-bond donors (Lipinski definition) is 0. The lowest BCUT2D eigenvalue weighted by Crippen LogP contribution is -2.50. The molecule has 2 aromatic heterocycles. The highest BCUT2D eigenvalue weighted by Gasteiger charge is 2.50. The van der Waals surface area contributed by atoms with Crippen molar-refractivity contribution in [3.05, 3.63) is 23.8 Å². The summed E-state index contributed by atoms with van der Waals surface area (Å²) in [6, 6.07) is 0.